The van der Waals surface area contributed by atoms with E-state index in [1.807, 2.05) is 6.92 Å². The summed E-state index contributed by atoms with van der Waals surface area (Å²) in [6.45, 7) is 6.16. The third-order valence-electron chi connectivity index (χ3n) is 1.90. The van der Waals surface area contributed by atoms with Gasteiger partial charge in [-0.3, -0.25) is 0 Å². The highest BCUT2D eigenvalue weighted by Crippen LogP contribution is 2.21. The van der Waals surface area contributed by atoms with E-state index < -0.39 is 0 Å². The molecule has 0 aliphatic rings. The normalized spacial score (nSPS) is 11.7. The van der Waals surface area contributed by atoms with Gasteiger partial charge in [-0.1, -0.05) is 13.8 Å². The number of oxazole rings is 1. The van der Waals surface area contributed by atoms with Crippen LogP contribution in [0.4, 0.5) is 0 Å². The van der Waals surface area contributed by atoms with Crippen LogP contribution in [0.5, 0.6) is 0 Å². The Hall–Kier alpha value is -1.32. The molecule has 0 fully saturated rings. The molecule has 0 radical (unpaired) electrons. The van der Waals surface area contributed by atoms with Crippen molar-refractivity contribution in [1.82, 2.24) is 14.6 Å². The highest BCUT2D eigenvalue weighted by Gasteiger charge is 2.14. The maximum absolute atomic E-state index is 5.39. The highest BCUT2D eigenvalue weighted by atomic mass is 16.4. The molecule has 0 N–H and O–H groups in total. The summed E-state index contributed by atoms with van der Waals surface area (Å²) in [5.74, 6) is 1.89. The minimum Gasteiger partial charge on any atom is -0.427 e. The molecule has 0 spiro atoms. The zero-order chi connectivity index (χ0) is 8.72. The molecule has 0 aliphatic heterocycles. The Balaban J connectivity index is 2.76. The van der Waals surface area contributed by atoms with Crippen LogP contribution in [-0.2, 0) is 0 Å². The summed E-state index contributed by atoms with van der Waals surface area (Å²) >= 11 is 0. The maximum atomic E-state index is 5.39. The summed E-state index contributed by atoms with van der Waals surface area (Å²) in [4.78, 5) is 3.97. The maximum Gasteiger partial charge on any atom is 0.324 e. The van der Waals surface area contributed by atoms with Crippen molar-refractivity contribution in [3.8, 4) is 0 Å². The number of rotatable bonds is 1. The number of aromatic nitrogens is 3. The Morgan fingerprint density at radius 3 is 2.92 bits per heavy atom. The van der Waals surface area contributed by atoms with Crippen LogP contribution in [0.15, 0.2) is 10.7 Å². The van der Waals surface area contributed by atoms with Gasteiger partial charge in [-0.2, -0.15) is 14.6 Å². The smallest absolute Gasteiger partial charge is 0.324 e. The topological polar surface area (TPSA) is 43.3 Å². The lowest BCUT2D eigenvalue weighted by Crippen LogP contribution is -1.96. The van der Waals surface area contributed by atoms with Crippen LogP contribution in [0, 0.1) is 6.92 Å². The minimum atomic E-state index is 0.410. The second kappa shape index (κ2) is 2.33. The average molecular weight is 165 g/mol. The molecule has 2 aromatic rings. The lowest BCUT2D eigenvalue weighted by molar-refractivity contribution is 0.556. The molecule has 0 saturated heterocycles. The zero-order valence-electron chi connectivity index (χ0n) is 7.40. The molecule has 2 rings (SSSR count). The van der Waals surface area contributed by atoms with E-state index in [0.717, 1.165) is 11.5 Å². The van der Waals surface area contributed by atoms with Gasteiger partial charge < -0.3 is 4.42 Å². The second-order valence-corrected chi connectivity index (χ2v) is 3.15. The molecule has 0 aromatic carbocycles. The van der Waals surface area contributed by atoms with Crippen molar-refractivity contribution >= 4 is 5.84 Å². The first-order valence-electron chi connectivity index (χ1n) is 3.99. The molecule has 0 bridgehead atoms. The molecule has 0 atom stereocenters. The van der Waals surface area contributed by atoms with Crippen LogP contribution in [0.2, 0.25) is 0 Å². The van der Waals surface area contributed by atoms with E-state index in [2.05, 4.69) is 23.9 Å². The molecular formula is C8H11N3O. The van der Waals surface area contributed by atoms with Crippen molar-refractivity contribution < 1.29 is 4.42 Å². The van der Waals surface area contributed by atoms with E-state index in [1.54, 1.807) is 4.52 Å². The molecule has 0 amide bonds. The van der Waals surface area contributed by atoms with E-state index in [0.29, 0.717) is 11.8 Å². The Morgan fingerprint density at radius 2 is 2.25 bits per heavy atom. The number of hydrogen-bond acceptors (Lipinski definition) is 3. The molecule has 64 valence electrons. The zero-order valence-corrected chi connectivity index (χ0v) is 7.40. The van der Waals surface area contributed by atoms with Gasteiger partial charge in [0, 0.05) is 0 Å². The van der Waals surface area contributed by atoms with Crippen LogP contribution < -0.4 is 0 Å². The molecule has 2 heterocycles. The summed E-state index contributed by atoms with van der Waals surface area (Å²) in [5.41, 5.74) is 1.10. The largest absolute Gasteiger partial charge is 0.427 e. The predicted molar refractivity (Wildman–Crippen MR) is 44.1 cm³/mol. The van der Waals surface area contributed by atoms with Gasteiger partial charge in [0.25, 0.3) is 0 Å². The molecule has 4 heteroatoms. The SMILES string of the molecule is Cc1oc2ncnn2c1C(C)C. The van der Waals surface area contributed by atoms with Gasteiger partial charge >= 0.3 is 5.84 Å². The van der Waals surface area contributed by atoms with E-state index in [9.17, 15) is 0 Å². The third kappa shape index (κ3) is 0.841. The standard InChI is InChI=1S/C8H11N3O/c1-5(2)7-6(3)12-8-9-4-10-11(7)8/h4-5H,1-3H3. The van der Waals surface area contributed by atoms with Crippen molar-refractivity contribution in [2.45, 2.75) is 26.7 Å². The van der Waals surface area contributed by atoms with Gasteiger partial charge in [0.2, 0.25) is 0 Å². The van der Waals surface area contributed by atoms with Gasteiger partial charge in [0.1, 0.15) is 12.1 Å². The van der Waals surface area contributed by atoms with Crippen LogP contribution in [-0.4, -0.2) is 14.6 Å². The lowest BCUT2D eigenvalue weighted by Gasteiger charge is -2.00. The van der Waals surface area contributed by atoms with Crippen molar-refractivity contribution in [3.63, 3.8) is 0 Å². The number of hydrogen-bond donors (Lipinski definition) is 0. The Kier molecular flexibility index (Phi) is 1.43. The van der Waals surface area contributed by atoms with E-state index in [4.69, 9.17) is 4.42 Å². The van der Waals surface area contributed by atoms with Crippen molar-refractivity contribution in [3.05, 3.63) is 17.8 Å². The van der Waals surface area contributed by atoms with Gasteiger partial charge in [0.15, 0.2) is 0 Å². The minimum absolute atomic E-state index is 0.410. The predicted octanol–water partition coefficient (Wildman–Crippen LogP) is 1.75. The van der Waals surface area contributed by atoms with Crippen LogP contribution in [0.1, 0.15) is 31.2 Å². The second-order valence-electron chi connectivity index (χ2n) is 3.15. The molecular weight excluding hydrogens is 154 g/mol. The van der Waals surface area contributed by atoms with Gasteiger partial charge in [-0.25, -0.2) is 0 Å². The summed E-state index contributed by atoms with van der Waals surface area (Å²) in [5, 5.41) is 4.07. The third-order valence-corrected chi connectivity index (χ3v) is 1.90. The van der Waals surface area contributed by atoms with Crippen LogP contribution >= 0.6 is 0 Å². The van der Waals surface area contributed by atoms with Crippen LogP contribution in [0.25, 0.3) is 5.84 Å². The van der Waals surface area contributed by atoms with Gasteiger partial charge in [-0.15, -0.1) is 0 Å². The number of fused-ring (bicyclic) bond motifs is 1. The summed E-state index contributed by atoms with van der Waals surface area (Å²) < 4.78 is 7.14. The quantitative estimate of drug-likeness (QED) is 0.646. The monoisotopic (exact) mass is 165 g/mol. The molecule has 2 aromatic heterocycles. The fourth-order valence-electron chi connectivity index (χ4n) is 1.46. The number of aryl methyl sites for hydroxylation is 1. The van der Waals surface area contributed by atoms with Crippen molar-refractivity contribution in [2.75, 3.05) is 0 Å². The summed E-state index contributed by atoms with van der Waals surface area (Å²) in [6, 6.07) is 0. The van der Waals surface area contributed by atoms with Crippen LogP contribution in [0.3, 0.4) is 0 Å². The lowest BCUT2D eigenvalue weighted by atomic mass is 10.1. The fourth-order valence-corrected chi connectivity index (χ4v) is 1.46. The molecule has 12 heavy (non-hydrogen) atoms. The first kappa shape index (κ1) is 7.34. The average Bonchev–Trinajstić information content (AvgIpc) is 2.44. The molecule has 0 aliphatic carbocycles. The molecule has 4 nitrogen and oxygen atoms in total. The molecule has 0 unspecified atom stereocenters. The Morgan fingerprint density at radius 1 is 1.50 bits per heavy atom. The first-order chi connectivity index (χ1) is 5.70. The van der Waals surface area contributed by atoms with E-state index in [1.165, 1.54) is 6.33 Å². The summed E-state index contributed by atoms with van der Waals surface area (Å²) in [6.07, 6.45) is 1.50. The van der Waals surface area contributed by atoms with Gasteiger partial charge in [0.05, 0.1) is 5.69 Å². The number of nitrogens with zero attached hydrogens (tertiary/aromatic N) is 3. The van der Waals surface area contributed by atoms with Gasteiger partial charge in [-0.05, 0) is 12.8 Å². The molecule has 0 saturated carbocycles. The van der Waals surface area contributed by atoms with E-state index in [-0.39, 0.29) is 0 Å². The Labute approximate surface area is 70.2 Å². The van der Waals surface area contributed by atoms with E-state index >= 15 is 0 Å². The Bertz CT molecular complexity index is 399. The highest BCUT2D eigenvalue weighted by molar-refractivity contribution is 5.28. The van der Waals surface area contributed by atoms with Crippen molar-refractivity contribution in [2.24, 2.45) is 0 Å². The summed E-state index contributed by atoms with van der Waals surface area (Å²) in [7, 11) is 0. The fraction of sp³-hybridized carbons (Fsp3) is 0.500. The first-order valence-corrected chi connectivity index (χ1v) is 3.99. The van der Waals surface area contributed by atoms with Crippen molar-refractivity contribution in [1.29, 1.82) is 0 Å².